The molecule has 308 valence electrons. The molecule has 2 aliphatic rings. The van der Waals surface area contributed by atoms with Crippen LogP contribution in [0.2, 0.25) is 0 Å². The largest absolute Gasteiger partial charge is 0.490 e. The predicted octanol–water partition coefficient (Wildman–Crippen LogP) is -3.20. The minimum Gasteiger partial charge on any atom is -0.387 e. The monoisotopic (exact) mass is 893 g/mol. The van der Waals surface area contributed by atoms with Crippen molar-refractivity contribution in [3.63, 3.8) is 0 Å². The van der Waals surface area contributed by atoms with Gasteiger partial charge in [-0.3, -0.25) is 28.0 Å². The lowest BCUT2D eigenvalue weighted by Gasteiger charge is -2.21. The predicted molar refractivity (Wildman–Crippen MR) is 168 cm³/mol. The second kappa shape index (κ2) is 16.0. The van der Waals surface area contributed by atoms with E-state index in [1.54, 1.807) is 0 Å². The van der Waals surface area contributed by atoms with Crippen LogP contribution in [0, 0.1) is 0 Å². The van der Waals surface area contributed by atoms with Crippen molar-refractivity contribution in [2.45, 2.75) is 49.1 Å². The first-order valence-corrected chi connectivity index (χ1v) is 21.8. The van der Waals surface area contributed by atoms with Crippen LogP contribution >= 0.6 is 39.1 Å². The van der Waals surface area contributed by atoms with Gasteiger partial charge in [-0.1, -0.05) is 0 Å². The van der Waals surface area contributed by atoms with Gasteiger partial charge in [-0.15, -0.1) is 0 Å². The molecule has 2 saturated heterocycles. The van der Waals surface area contributed by atoms with Crippen molar-refractivity contribution in [1.82, 2.24) is 29.1 Å². The second-order valence-corrected chi connectivity index (χ2v) is 18.8. The molecular weight excluding hydrogens is 865 g/mol. The summed E-state index contributed by atoms with van der Waals surface area (Å²) in [4.78, 5) is 85.7. The van der Waals surface area contributed by atoms with Gasteiger partial charge in [-0.25, -0.2) is 42.6 Å². The maximum Gasteiger partial charge on any atom is 0.490 e. The van der Waals surface area contributed by atoms with Crippen molar-refractivity contribution in [3.05, 3.63) is 45.8 Å². The normalized spacial score (nSPS) is 31.3. The first-order valence-electron chi connectivity index (χ1n) is 14.4. The zero-order valence-electron chi connectivity index (χ0n) is 26.5. The number of nitrogens with two attached hydrogens (primary N) is 1. The van der Waals surface area contributed by atoms with E-state index in [-0.39, 0.29) is 17.0 Å². The van der Waals surface area contributed by atoms with Gasteiger partial charge in [0, 0.05) is 12.3 Å². The lowest BCUT2D eigenvalue weighted by molar-refractivity contribution is -0.0542. The molecule has 55 heavy (non-hydrogen) atoms. The molecule has 0 aromatic carbocycles. The summed E-state index contributed by atoms with van der Waals surface area (Å²) in [6.07, 6.45) is -11.0. The van der Waals surface area contributed by atoms with Gasteiger partial charge in [-0.05, 0) is 0 Å². The van der Waals surface area contributed by atoms with Crippen LogP contribution in [0.15, 0.2) is 34.5 Å². The van der Waals surface area contributed by atoms with E-state index in [0.717, 1.165) is 29.5 Å². The number of nitrogen functional groups attached to an aromatic ring is 1. The van der Waals surface area contributed by atoms with E-state index in [4.69, 9.17) is 15.2 Å². The number of rotatable bonds is 16. The van der Waals surface area contributed by atoms with Gasteiger partial charge in [0.1, 0.15) is 48.5 Å². The molecule has 0 saturated carbocycles. The molecule has 5 unspecified atom stereocenters. The Morgan fingerprint density at radius 3 is 1.62 bits per heavy atom. The summed E-state index contributed by atoms with van der Waals surface area (Å²) in [5.74, 6) is -0.0458. The lowest BCUT2D eigenvalue weighted by atomic mass is 10.1. The molecule has 2 fully saturated rings. The number of fused-ring (bicyclic) bond motifs is 1. The summed E-state index contributed by atoms with van der Waals surface area (Å²) >= 11 is 0. The van der Waals surface area contributed by atoms with E-state index < -0.39 is 113 Å². The molecule has 0 bridgehead atoms. The fourth-order valence-corrected chi connectivity index (χ4v) is 11.2. The summed E-state index contributed by atoms with van der Waals surface area (Å²) in [5, 5.41) is 41.2. The highest BCUT2D eigenvalue weighted by molar-refractivity contribution is 7.71. The third kappa shape index (κ3) is 10.5. The van der Waals surface area contributed by atoms with E-state index in [1.807, 2.05) is 4.98 Å². The summed E-state index contributed by atoms with van der Waals surface area (Å²) in [6.45, 7) is -2.44. The molecule has 3 aromatic heterocycles. The Labute approximate surface area is 302 Å². The highest BCUT2D eigenvalue weighted by Gasteiger charge is 2.51. The third-order valence-corrected chi connectivity index (χ3v) is 14.6. The molecular formula is C19H28N7O24P5. The fourth-order valence-electron chi connectivity index (χ4n) is 4.83. The van der Waals surface area contributed by atoms with E-state index >= 15 is 0 Å². The molecule has 12 N–H and O–H groups in total. The van der Waals surface area contributed by atoms with Gasteiger partial charge in [0.2, 0.25) is 0 Å². The van der Waals surface area contributed by atoms with Crippen LogP contribution in [-0.2, 0) is 58.6 Å². The number of aromatic nitrogens is 6. The van der Waals surface area contributed by atoms with Gasteiger partial charge in [0.05, 0.1) is 19.5 Å². The Morgan fingerprint density at radius 2 is 1.15 bits per heavy atom. The highest BCUT2D eigenvalue weighted by atomic mass is 31.3. The molecule has 0 aliphatic carbocycles. The molecule has 0 radical (unpaired) electrons. The molecule has 13 atom stereocenters. The Balaban J connectivity index is 1.13. The number of aromatic amines is 1. The molecule has 5 rings (SSSR count). The van der Waals surface area contributed by atoms with Crippen LogP contribution in [0.1, 0.15) is 12.5 Å². The zero-order chi connectivity index (χ0) is 40.9. The number of hydrogen-bond acceptors (Lipinski definition) is 23. The van der Waals surface area contributed by atoms with Crippen molar-refractivity contribution in [3.8, 4) is 0 Å². The quantitative estimate of drug-likeness (QED) is 0.0631. The van der Waals surface area contributed by atoms with Crippen molar-refractivity contribution in [1.29, 1.82) is 0 Å². The first-order chi connectivity index (χ1) is 25.3. The minimum atomic E-state index is -6.47. The summed E-state index contributed by atoms with van der Waals surface area (Å²) < 4.78 is 97.3. The van der Waals surface area contributed by atoms with Crippen molar-refractivity contribution in [2.24, 2.45) is 0 Å². The second-order valence-electron chi connectivity index (χ2n) is 11.0. The molecule has 36 heteroatoms. The van der Waals surface area contributed by atoms with Crippen molar-refractivity contribution >= 4 is 56.1 Å². The molecule has 0 amide bonds. The Hall–Kier alpha value is -2.50. The first kappa shape index (κ1) is 43.6. The number of hydrogen-bond donors (Lipinski definition) is 11. The van der Waals surface area contributed by atoms with E-state index in [9.17, 15) is 77.3 Å². The number of ether oxygens (including phenoxy) is 2. The van der Waals surface area contributed by atoms with E-state index in [0.29, 0.717) is 4.57 Å². The number of phosphoric ester groups is 2. The number of aliphatic hydroxyl groups is 4. The van der Waals surface area contributed by atoms with Crippen LogP contribution in [-0.4, -0.2) is 124 Å². The number of phosphoric acid groups is 5. The minimum absolute atomic E-state index is 0.0418. The molecule has 2 aliphatic heterocycles. The van der Waals surface area contributed by atoms with Gasteiger partial charge in [0.15, 0.2) is 23.9 Å². The standard InChI is InChI=1S/C19H28N7O24P5/c20-15-10-16(22-5-21-15)26(6-23-10)18-14(31)12(29)8(46-18)4-44-52(35,36)48-54(39,40)50-55(41,42)49-53(37,38)47-51(33,34)43-3-7-11(28)13(30)17(45-7)25-2-1-9(27)24-19(25)32/h1-2,5-8,11-14,17-18,28-31H,3-4H2,(H,33,34)(H,35,36)(H,37,38)(H,39,40)(H,41,42)(H2,20,21,22)(H,24,27,32)/t7-,8-,11-,12-,13-,14-,17-,18-/m1/s1. The van der Waals surface area contributed by atoms with Crippen LogP contribution in [0.4, 0.5) is 5.82 Å². The Bertz CT molecular complexity index is 2270. The average molecular weight is 893 g/mol. The molecule has 31 nitrogen and oxygen atoms in total. The number of H-pyrrole nitrogens is 1. The molecule has 3 aromatic rings. The number of nitrogens with zero attached hydrogens (tertiary/aromatic N) is 5. The van der Waals surface area contributed by atoms with Crippen molar-refractivity contribution < 1.29 is 103 Å². The van der Waals surface area contributed by atoms with Gasteiger partial charge >= 0.3 is 44.8 Å². The molecule has 0 spiro atoms. The molecule has 5 heterocycles. The third-order valence-electron chi connectivity index (χ3n) is 7.09. The summed E-state index contributed by atoms with van der Waals surface area (Å²) in [7, 11) is -31.0. The topological polar surface area (TPSA) is 466 Å². The Kier molecular flexibility index (Phi) is 12.7. The van der Waals surface area contributed by atoms with Gasteiger partial charge in [0.25, 0.3) is 5.56 Å². The van der Waals surface area contributed by atoms with Crippen LogP contribution in [0.25, 0.3) is 11.2 Å². The van der Waals surface area contributed by atoms with Gasteiger partial charge < -0.3 is 60.1 Å². The average Bonchev–Trinajstić information content (AvgIpc) is 3.67. The van der Waals surface area contributed by atoms with Crippen molar-refractivity contribution in [2.75, 3.05) is 18.9 Å². The number of imidazole rings is 1. The van der Waals surface area contributed by atoms with Crippen LogP contribution < -0.4 is 17.0 Å². The van der Waals surface area contributed by atoms with Gasteiger partial charge in [-0.2, -0.15) is 17.2 Å². The van der Waals surface area contributed by atoms with Crippen LogP contribution in [0.5, 0.6) is 0 Å². The van der Waals surface area contributed by atoms with E-state index in [1.165, 1.54) is 0 Å². The SMILES string of the molecule is Nc1ncnc2c1ncn2[C@@H]1O[C@H](COP(=O)(O)OP(=O)(O)OP(=O)(O)OP(=O)(O)OP(=O)(O)OC[C@H]2O[C@@H](n3ccc(=O)[nH]c3=O)[C@H](O)[C@@H]2O)[C@@H](O)[C@H]1O. The maximum atomic E-state index is 12.4. The zero-order valence-corrected chi connectivity index (χ0v) is 31.0. The number of nitrogens with one attached hydrogen (secondary N) is 1. The smallest absolute Gasteiger partial charge is 0.387 e. The maximum absolute atomic E-state index is 12.4. The lowest BCUT2D eigenvalue weighted by Crippen LogP contribution is -2.37. The summed E-state index contributed by atoms with van der Waals surface area (Å²) in [6, 6.07) is 0.851. The summed E-state index contributed by atoms with van der Waals surface area (Å²) in [5.41, 5.74) is 3.90. The number of aliphatic hydroxyl groups excluding tert-OH is 4. The Morgan fingerprint density at radius 1 is 0.691 bits per heavy atom. The fraction of sp³-hybridized carbons (Fsp3) is 0.526. The highest BCUT2D eigenvalue weighted by Crippen LogP contribution is 2.73. The van der Waals surface area contributed by atoms with E-state index in [2.05, 4.69) is 41.2 Å². The number of anilines is 1. The van der Waals surface area contributed by atoms with Crippen LogP contribution in [0.3, 0.4) is 0 Å².